The van der Waals surface area contributed by atoms with Crippen LogP contribution in [0.15, 0.2) is 36.4 Å². The number of aryl methyl sites for hydroxylation is 2. The number of nitro groups is 1. The van der Waals surface area contributed by atoms with E-state index in [4.69, 9.17) is 16.3 Å². The molecule has 1 amide bonds. The molecule has 0 aromatic heterocycles. The number of hydrogen-bond donors (Lipinski definition) is 1. The summed E-state index contributed by atoms with van der Waals surface area (Å²) >= 11 is 5.91. The van der Waals surface area contributed by atoms with Crippen molar-refractivity contribution < 1.29 is 19.2 Å². The highest BCUT2D eigenvalue weighted by Crippen LogP contribution is 2.22. The minimum atomic E-state index is -1.10. The van der Waals surface area contributed by atoms with Crippen LogP contribution in [-0.4, -0.2) is 22.9 Å². The van der Waals surface area contributed by atoms with Gasteiger partial charge in [-0.15, -0.1) is 0 Å². The first-order valence-corrected chi connectivity index (χ1v) is 8.10. The van der Waals surface area contributed by atoms with Crippen LogP contribution in [0, 0.1) is 24.0 Å². The molecule has 0 aliphatic carbocycles. The summed E-state index contributed by atoms with van der Waals surface area (Å²) in [4.78, 5) is 34.8. The van der Waals surface area contributed by atoms with E-state index in [1.807, 2.05) is 0 Å². The van der Waals surface area contributed by atoms with Gasteiger partial charge in [0.1, 0.15) is 0 Å². The van der Waals surface area contributed by atoms with Crippen molar-refractivity contribution in [3.8, 4) is 0 Å². The van der Waals surface area contributed by atoms with Crippen molar-refractivity contribution in [1.82, 2.24) is 0 Å². The molecular weight excluding hydrogens is 360 g/mol. The lowest BCUT2D eigenvalue weighted by Crippen LogP contribution is -2.30. The number of nitro benzene ring substituents is 1. The molecule has 1 atom stereocenters. The number of halogens is 1. The Bertz CT molecular complexity index is 882. The highest BCUT2D eigenvalue weighted by atomic mass is 35.5. The van der Waals surface area contributed by atoms with Crippen molar-refractivity contribution >= 4 is 34.9 Å². The van der Waals surface area contributed by atoms with Crippen LogP contribution in [0.5, 0.6) is 0 Å². The molecule has 2 aromatic rings. The van der Waals surface area contributed by atoms with Crippen molar-refractivity contribution in [1.29, 1.82) is 0 Å². The first-order valence-electron chi connectivity index (χ1n) is 7.72. The standard InChI is InChI=1S/C18H17ClN2O5/c1-10-5-7-14(19)9-15(10)20-17(22)12(3)26-18(23)13-6-4-11(2)16(8-13)21(24)25/h4-9,12H,1-3H3,(H,20,22). The maximum atomic E-state index is 12.2. The second kappa shape index (κ2) is 7.97. The number of benzene rings is 2. The molecule has 0 radical (unpaired) electrons. The van der Waals surface area contributed by atoms with Gasteiger partial charge in [-0.05, 0) is 44.5 Å². The molecule has 8 heteroatoms. The predicted octanol–water partition coefficient (Wildman–Crippen LogP) is 4.05. The van der Waals surface area contributed by atoms with Crippen LogP contribution >= 0.6 is 11.6 Å². The maximum Gasteiger partial charge on any atom is 0.339 e. The average molecular weight is 377 g/mol. The zero-order valence-corrected chi connectivity index (χ0v) is 15.2. The van der Waals surface area contributed by atoms with E-state index >= 15 is 0 Å². The molecule has 0 aliphatic heterocycles. The number of nitrogens with one attached hydrogen (secondary N) is 1. The minimum absolute atomic E-state index is 0.000820. The highest BCUT2D eigenvalue weighted by Gasteiger charge is 2.22. The van der Waals surface area contributed by atoms with E-state index < -0.39 is 22.9 Å². The van der Waals surface area contributed by atoms with Crippen molar-refractivity contribution in [3.05, 3.63) is 68.2 Å². The van der Waals surface area contributed by atoms with Crippen LogP contribution in [0.25, 0.3) is 0 Å². The van der Waals surface area contributed by atoms with Gasteiger partial charge in [-0.1, -0.05) is 23.7 Å². The first-order chi connectivity index (χ1) is 12.2. The normalized spacial score (nSPS) is 11.5. The van der Waals surface area contributed by atoms with E-state index in [2.05, 4.69) is 5.32 Å². The zero-order valence-electron chi connectivity index (χ0n) is 14.4. The van der Waals surface area contributed by atoms with E-state index in [0.29, 0.717) is 16.3 Å². The monoisotopic (exact) mass is 376 g/mol. The summed E-state index contributed by atoms with van der Waals surface area (Å²) in [7, 11) is 0. The largest absolute Gasteiger partial charge is 0.449 e. The summed E-state index contributed by atoms with van der Waals surface area (Å²) in [5.74, 6) is -1.36. The highest BCUT2D eigenvalue weighted by molar-refractivity contribution is 6.31. The molecule has 1 N–H and O–H groups in total. The van der Waals surface area contributed by atoms with Gasteiger partial charge in [0, 0.05) is 22.3 Å². The predicted molar refractivity (Wildman–Crippen MR) is 97.5 cm³/mol. The van der Waals surface area contributed by atoms with Crippen molar-refractivity contribution in [2.75, 3.05) is 5.32 Å². The molecule has 0 aliphatic rings. The van der Waals surface area contributed by atoms with Gasteiger partial charge >= 0.3 is 5.97 Å². The molecule has 7 nitrogen and oxygen atoms in total. The molecule has 0 fully saturated rings. The molecule has 26 heavy (non-hydrogen) atoms. The Balaban J connectivity index is 2.09. The summed E-state index contributed by atoms with van der Waals surface area (Å²) < 4.78 is 5.11. The first kappa shape index (κ1) is 19.4. The molecule has 0 heterocycles. The molecular formula is C18H17ClN2O5. The molecule has 2 rings (SSSR count). The van der Waals surface area contributed by atoms with Gasteiger partial charge in [-0.2, -0.15) is 0 Å². The molecule has 2 aromatic carbocycles. The summed E-state index contributed by atoms with van der Waals surface area (Å²) in [5.41, 5.74) is 1.55. The lowest BCUT2D eigenvalue weighted by atomic mass is 10.1. The number of rotatable bonds is 5. The summed E-state index contributed by atoms with van der Waals surface area (Å²) in [6.07, 6.45) is -1.10. The number of ether oxygens (including phenoxy) is 1. The lowest BCUT2D eigenvalue weighted by Gasteiger charge is -2.15. The topological polar surface area (TPSA) is 98.5 Å². The van der Waals surface area contributed by atoms with E-state index in [9.17, 15) is 19.7 Å². The fourth-order valence-corrected chi connectivity index (χ4v) is 2.35. The van der Waals surface area contributed by atoms with Gasteiger partial charge in [-0.3, -0.25) is 14.9 Å². The third-order valence-corrected chi connectivity index (χ3v) is 3.99. The maximum absolute atomic E-state index is 12.2. The second-order valence-corrected chi connectivity index (χ2v) is 6.19. The van der Waals surface area contributed by atoms with Crippen molar-refractivity contribution in [2.24, 2.45) is 0 Å². The second-order valence-electron chi connectivity index (χ2n) is 5.75. The van der Waals surface area contributed by atoms with Crippen LogP contribution in [0.1, 0.15) is 28.4 Å². The average Bonchev–Trinajstić information content (AvgIpc) is 2.58. The van der Waals surface area contributed by atoms with E-state index in [0.717, 1.165) is 11.6 Å². The van der Waals surface area contributed by atoms with E-state index in [-0.39, 0.29) is 11.3 Å². The fourth-order valence-electron chi connectivity index (χ4n) is 2.18. The lowest BCUT2D eigenvalue weighted by molar-refractivity contribution is -0.385. The van der Waals surface area contributed by atoms with Gasteiger partial charge in [0.2, 0.25) is 0 Å². The smallest absolute Gasteiger partial charge is 0.339 e. The van der Waals surface area contributed by atoms with Crippen molar-refractivity contribution in [3.63, 3.8) is 0 Å². The van der Waals surface area contributed by atoms with Crippen LogP contribution in [0.3, 0.4) is 0 Å². The summed E-state index contributed by atoms with van der Waals surface area (Å²) in [5, 5.41) is 14.1. The zero-order chi connectivity index (χ0) is 19.4. The minimum Gasteiger partial charge on any atom is -0.449 e. The third kappa shape index (κ3) is 4.58. The molecule has 0 bridgehead atoms. The number of carbonyl (C=O) groups is 2. The Morgan fingerprint density at radius 2 is 1.81 bits per heavy atom. The van der Waals surface area contributed by atoms with Gasteiger partial charge in [-0.25, -0.2) is 4.79 Å². The van der Waals surface area contributed by atoms with Crippen LogP contribution in [0.2, 0.25) is 5.02 Å². The number of anilines is 1. The van der Waals surface area contributed by atoms with Crippen molar-refractivity contribution in [2.45, 2.75) is 26.9 Å². The number of nitrogens with zero attached hydrogens (tertiary/aromatic N) is 1. The summed E-state index contributed by atoms with van der Waals surface area (Å²) in [6.45, 7) is 4.78. The van der Waals surface area contributed by atoms with Crippen LogP contribution < -0.4 is 5.32 Å². The Labute approximate surface area is 155 Å². The van der Waals surface area contributed by atoms with Gasteiger partial charge in [0.15, 0.2) is 6.10 Å². The Morgan fingerprint density at radius 3 is 2.46 bits per heavy atom. The van der Waals surface area contributed by atoms with E-state index in [1.54, 1.807) is 32.0 Å². The number of carbonyl (C=O) groups excluding carboxylic acids is 2. The molecule has 1 unspecified atom stereocenters. The Kier molecular flexibility index (Phi) is 5.94. The molecule has 0 saturated carbocycles. The van der Waals surface area contributed by atoms with E-state index in [1.165, 1.54) is 19.1 Å². The third-order valence-electron chi connectivity index (χ3n) is 3.75. The molecule has 0 spiro atoms. The molecule has 136 valence electrons. The van der Waals surface area contributed by atoms with Gasteiger partial charge < -0.3 is 10.1 Å². The Morgan fingerprint density at radius 1 is 1.15 bits per heavy atom. The number of esters is 1. The fraction of sp³-hybridized carbons (Fsp3) is 0.222. The molecule has 0 saturated heterocycles. The SMILES string of the molecule is Cc1ccc(Cl)cc1NC(=O)C(C)OC(=O)c1ccc(C)c([N+](=O)[O-])c1. The van der Waals surface area contributed by atoms with Gasteiger partial charge in [0.25, 0.3) is 11.6 Å². The Hall–Kier alpha value is -2.93. The van der Waals surface area contributed by atoms with Gasteiger partial charge in [0.05, 0.1) is 10.5 Å². The number of amides is 1. The quantitative estimate of drug-likeness (QED) is 0.482. The van der Waals surface area contributed by atoms with Crippen LogP contribution in [-0.2, 0) is 9.53 Å². The summed E-state index contributed by atoms with van der Waals surface area (Å²) in [6, 6.07) is 9.03. The number of hydrogen-bond acceptors (Lipinski definition) is 5. The van der Waals surface area contributed by atoms with Crippen LogP contribution in [0.4, 0.5) is 11.4 Å².